The van der Waals surface area contributed by atoms with Crippen molar-refractivity contribution in [3.05, 3.63) is 29.3 Å². The van der Waals surface area contributed by atoms with E-state index in [9.17, 15) is 5.11 Å². The zero-order chi connectivity index (χ0) is 13.2. The van der Waals surface area contributed by atoms with Gasteiger partial charge in [-0.2, -0.15) is 0 Å². The zero-order valence-electron chi connectivity index (χ0n) is 11.7. The summed E-state index contributed by atoms with van der Waals surface area (Å²) in [6.45, 7) is 5.16. The summed E-state index contributed by atoms with van der Waals surface area (Å²) >= 11 is 0. The van der Waals surface area contributed by atoms with Gasteiger partial charge in [0.1, 0.15) is 5.75 Å². The van der Waals surface area contributed by atoms with E-state index in [-0.39, 0.29) is 11.5 Å². The third kappa shape index (κ3) is 1.66. The molecule has 1 heterocycles. The van der Waals surface area contributed by atoms with Crippen molar-refractivity contribution in [1.82, 2.24) is 0 Å². The average Bonchev–Trinajstić information content (AvgIpc) is 2.74. The van der Waals surface area contributed by atoms with Crippen molar-refractivity contribution in [3.63, 3.8) is 0 Å². The molecule has 2 fully saturated rings. The summed E-state index contributed by atoms with van der Waals surface area (Å²) < 4.78 is 5.72. The number of hydrogen-bond acceptors (Lipinski definition) is 2. The highest BCUT2D eigenvalue weighted by Crippen LogP contribution is 2.62. The molecule has 2 aliphatic carbocycles. The molecule has 102 valence electrons. The van der Waals surface area contributed by atoms with Crippen LogP contribution in [-0.4, -0.2) is 11.7 Å². The van der Waals surface area contributed by atoms with Crippen molar-refractivity contribution in [2.75, 3.05) is 6.61 Å². The zero-order valence-corrected chi connectivity index (χ0v) is 11.7. The second-order valence-corrected chi connectivity index (χ2v) is 7.21. The summed E-state index contributed by atoms with van der Waals surface area (Å²) in [5, 5.41) is 10.6. The van der Waals surface area contributed by atoms with Crippen molar-refractivity contribution in [2.45, 2.75) is 44.6 Å². The SMILES string of the molecule is CC1(C)COc2ccc(C(O)C3C4CCCC43)cc21. The number of aliphatic hydroxyl groups is 1. The predicted molar refractivity (Wildman–Crippen MR) is 74.2 cm³/mol. The molecule has 0 aromatic heterocycles. The summed E-state index contributed by atoms with van der Waals surface area (Å²) in [5.74, 6) is 3.12. The first-order valence-corrected chi connectivity index (χ1v) is 7.53. The largest absolute Gasteiger partial charge is 0.492 e. The number of aliphatic hydroxyl groups excluding tert-OH is 1. The predicted octanol–water partition coefficient (Wildman–Crippen LogP) is 3.44. The second kappa shape index (κ2) is 3.76. The lowest BCUT2D eigenvalue weighted by Gasteiger charge is -2.18. The summed E-state index contributed by atoms with van der Waals surface area (Å²) in [6, 6.07) is 6.28. The van der Waals surface area contributed by atoms with Crippen LogP contribution in [0.3, 0.4) is 0 Å². The summed E-state index contributed by atoms with van der Waals surface area (Å²) in [7, 11) is 0. The molecule has 2 nitrogen and oxygen atoms in total. The molecule has 1 aliphatic heterocycles. The Bertz CT molecular complexity index is 510. The molecular formula is C17H22O2. The van der Waals surface area contributed by atoms with Gasteiger partial charge in [0.15, 0.2) is 0 Å². The van der Waals surface area contributed by atoms with Crippen LogP contribution in [0.5, 0.6) is 5.75 Å². The maximum Gasteiger partial charge on any atom is 0.123 e. The van der Waals surface area contributed by atoms with Gasteiger partial charge in [-0.1, -0.05) is 26.3 Å². The van der Waals surface area contributed by atoms with Crippen molar-refractivity contribution in [1.29, 1.82) is 0 Å². The van der Waals surface area contributed by atoms with Crippen molar-refractivity contribution in [3.8, 4) is 5.75 Å². The number of hydrogen-bond donors (Lipinski definition) is 1. The Morgan fingerprint density at radius 1 is 1.26 bits per heavy atom. The van der Waals surface area contributed by atoms with Gasteiger partial charge in [-0.25, -0.2) is 0 Å². The molecule has 3 unspecified atom stereocenters. The van der Waals surface area contributed by atoms with Crippen LogP contribution in [0, 0.1) is 17.8 Å². The fraction of sp³-hybridized carbons (Fsp3) is 0.647. The van der Waals surface area contributed by atoms with Gasteiger partial charge in [0, 0.05) is 11.0 Å². The lowest BCUT2D eigenvalue weighted by Crippen LogP contribution is -2.18. The maximum atomic E-state index is 10.6. The van der Waals surface area contributed by atoms with Crippen LogP contribution < -0.4 is 4.74 Å². The third-order valence-corrected chi connectivity index (χ3v) is 5.50. The van der Waals surface area contributed by atoms with Crippen LogP contribution >= 0.6 is 0 Å². The highest BCUT2D eigenvalue weighted by Gasteiger charge is 2.56. The number of fused-ring (bicyclic) bond motifs is 2. The molecule has 1 aromatic rings. The standard InChI is InChI=1S/C17H22O2/c1-17(2)9-19-14-7-6-10(8-13(14)17)16(18)15-11-4-3-5-12(11)15/h6-8,11-12,15-16,18H,3-5,9H2,1-2H3. The van der Waals surface area contributed by atoms with E-state index in [1.54, 1.807) is 0 Å². The second-order valence-electron chi connectivity index (χ2n) is 7.21. The first-order valence-electron chi connectivity index (χ1n) is 7.53. The summed E-state index contributed by atoms with van der Waals surface area (Å²) in [6.07, 6.45) is 3.75. The minimum atomic E-state index is -0.267. The molecular weight excluding hydrogens is 236 g/mol. The minimum absolute atomic E-state index is 0.0739. The molecule has 3 aliphatic rings. The highest BCUT2D eigenvalue weighted by molar-refractivity contribution is 5.46. The Morgan fingerprint density at radius 2 is 2.00 bits per heavy atom. The molecule has 0 saturated heterocycles. The van der Waals surface area contributed by atoms with Crippen LogP contribution in [0.25, 0.3) is 0 Å². The van der Waals surface area contributed by atoms with Gasteiger partial charge >= 0.3 is 0 Å². The van der Waals surface area contributed by atoms with E-state index in [1.807, 2.05) is 6.07 Å². The van der Waals surface area contributed by atoms with Gasteiger partial charge in [0.05, 0.1) is 12.7 Å². The average molecular weight is 258 g/mol. The fourth-order valence-electron chi connectivity index (χ4n) is 4.29. The van der Waals surface area contributed by atoms with Crippen molar-refractivity contribution in [2.24, 2.45) is 17.8 Å². The maximum absolute atomic E-state index is 10.6. The molecule has 0 spiro atoms. The molecule has 19 heavy (non-hydrogen) atoms. The van der Waals surface area contributed by atoms with E-state index >= 15 is 0 Å². The van der Waals surface area contributed by atoms with E-state index in [4.69, 9.17) is 4.74 Å². The first-order chi connectivity index (χ1) is 9.08. The molecule has 0 radical (unpaired) electrons. The normalized spacial score (nSPS) is 35.4. The van der Waals surface area contributed by atoms with Gasteiger partial charge in [0.25, 0.3) is 0 Å². The Balaban J connectivity index is 1.62. The van der Waals surface area contributed by atoms with Gasteiger partial charge in [-0.05, 0) is 48.3 Å². The van der Waals surface area contributed by atoms with E-state index < -0.39 is 0 Å². The van der Waals surface area contributed by atoms with Gasteiger partial charge in [0.2, 0.25) is 0 Å². The lowest BCUT2D eigenvalue weighted by molar-refractivity contribution is 0.137. The van der Waals surface area contributed by atoms with Gasteiger partial charge in [-0.15, -0.1) is 0 Å². The number of benzene rings is 1. The molecule has 0 bridgehead atoms. The lowest BCUT2D eigenvalue weighted by atomic mass is 9.85. The van der Waals surface area contributed by atoms with Crippen LogP contribution in [0.15, 0.2) is 18.2 Å². The summed E-state index contributed by atoms with van der Waals surface area (Å²) in [5.41, 5.74) is 2.43. The monoisotopic (exact) mass is 258 g/mol. The Hall–Kier alpha value is -1.02. The quantitative estimate of drug-likeness (QED) is 0.880. The van der Waals surface area contributed by atoms with Gasteiger partial charge in [-0.3, -0.25) is 0 Å². The molecule has 3 atom stereocenters. The molecule has 4 rings (SSSR count). The smallest absolute Gasteiger partial charge is 0.123 e. The highest BCUT2D eigenvalue weighted by atomic mass is 16.5. The Kier molecular flexibility index (Phi) is 2.33. The van der Waals surface area contributed by atoms with Crippen LogP contribution in [0.2, 0.25) is 0 Å². The molecule has 0 amide bonds. The van der Waals surface area contributed by atoms with Gasteiger partial charge < -0.3 is 9.84 Å². The van der Waals surface area contributed by atoms with Crippen molar-refractivity contribution < 1.29 is 9.84 Å². The van der Waals surface area contributed by atoms with E-state index in [2.05, 4.69) is 26.0 Å². The minimum Gasteiger partial charge on any atom is -0.492 e. The molecule has 2 heteroatoms. The van der Waals surface area contributed by atoms with Crippen LogP contribution in [0.4, 0.5) is 0 Å². The van der Waals surface area contributed by atoms with Crippen LogP contribution in [0.1, 0.15) is 50.3 Å². The Labute approximate surface area is 114 Å². The van der Waals surface area contributed by atoms with E-state index in [0.717, 1.165) is 29.8 Å². The first kappa shape index (κ1) is 11.8. The Morgan fingerprint density at radius 3 is 2.74 bits per heavy atom. The molecule has 2 saturated carbocycles. The fourth-order valence-corrected chi connectivity index (χ4v) is 4.29. The topological polar surface area (TPSA) is 29.5 Å². The summed E-state index contributed by atoms with van der Waals surface area (Å²) in [4.78, 5) is 0. The third-order valence-electron chi connectivity index (χ3n) is 5.50. The number of ether oxygens (including phenoxy) is 1. The van der Waals surface area contributed by atoms with E-state index in [1.165, 1.54) is 24.8 Å². The van der Waals surface area contributed by atoms with E-state index in [0.29, 0.717) is 5.92 Å². The van der Waals surface area contributed by atoms with Crippen molar-refractivity contribution >= 4 is 0 Å². The van der Waals surface area contributed by atoms with Crippen LogP contribution in [-0.2, 0) is 5.41 Å². The molecule has 1 N–H and O–H groups in total. The number of rotatable bonds is 2. The molecule has 1 aromatic carbocycles.